The fourth-order valence-corrected chi connectivity index (χ4v) is 11.2. The molecule has 0 fully saturated rings. The largest absolute Gasteiger partial charge is 0.458 e. The SMILES string of the molecule is CC(C)(C)c1cc(-c2cc3c4c(c2)Oc2cc(C(C)(C)c5ccccc5)ccc2B4c2ccc(C(C)(C)c4ccccc4)cc2O3)cc(-c2c3ccccc3c(-c3ccccc3)c3ccccc23)c1. The third-order valence-electron chi connectivity index (χ3n) is 15.3. The van der Waals surface area contributed by atoms with Crippen molar-refractivity contribution in [1.29, 1.82) is 0 Å². The highest BCUT2D eigenvalue weighted by atomic mass is 16.5. The van der Waals surface area contributed by atoms with E-state index in [1.165, 1.54) is 71.6 Å². The first-order chi connectivity index (χ1) is 33.3. The van der Waals surface area contributed by atoms with E-state index in [2.05, 4.69) is 255 Å². The summed E-state index contributed by atoms with van der Waals surface area (Å²) >= 11 is 0. The van der Waals surface area contributed by atoms with Crippen LogP contribution in [0.2, 0.25) is 0 Å². The van der Waals surface area contributed by atoms with Crippen molar-refractivity contribution in [1.82, 2.24) is 0 Å². The van der Waals surface area contributed by atoms with Gasteiger partial charge in [0, 0.05) is 16.3 Å². The van der Waals surface area contributed by atoms with E-state index in [0.29, 0.717) is 0 Å². The summed E-state index contributed by atoms with van der Waals surface area (Å²) in [7, 11) is 0. The number of ether oxygens (including phenoxy) is 2. The Hall–Kier alpha value is -7.62. The normalized spacial score (nSPS) is 13.1. The first-order valence-corrected chi connectivity index (χ1v) is 24.4. The standard InChI is InChI=1S/C66H55BO2/c1-64(2,3)50-36-43(35-45(37-50)62-53-29-19-17-27-51(53)61(42-21-11-8-12-22-42)52-28-18-20-30-54(52)62)44-38-59-63-60(39-44)69-58-41-49(66(6,7)47-25-15-10-16-26-47)32-34-56(58)67(63)55-33-31-48(40-57(55)68-59)65(4,5)46-23-13-9-14-24-46/h8-41H,1-7H3. The maximum atomic E-state index is 7.21. The second kappa shape index (κ2) is 16.0. The predicted molar refractivity (Wildman–Crippen MR) is 291 cm³/mol. The number of benzene rings is 10. The fourth-order valence-electron chi connectivity index (χ4n) is 11.2. The molecule has 3 heteroatoms. The molecule has 2 aliphatic rings. The highest BCUT2D eigenvalue weighted by Crippen LogP contribution is 2.47. The summed E-state index contributed by atoms with van der Waals surface area (Å²) in [6.07, 6.45) is 0. The lowest BCUT2D eigenvalue weighted by molar-refractivity contribution is 0.462. The van der Waals surface area contributed by atoms with Crippen molar-refractivity contribution in [3.05, 3.63) is 234 Å². The van der Waals surface area contributed by atoms with E-state index in [4.69, 9.17) is 9.47 Å². The van der Waals surface area contributed by atoms with Crippen molar-refractivity contribution in [3.8, 4) is 56.4 Å². The monoisotopic (exact) mass is 890 g/mol. The van der Waals surface area contributed by atoms with Gasteiger partial charge in [-0.1, -0.05) is 224 Å². The summed E-state index contributed by atoms with van der Waals surface area (Å²) in [5.74, 6) is 3.44. The van der Waals surface area contributed by atoms with Gasteiger partial charge in [0.1, 0.15) is 23.0 Å². The molecule has 69 heavy (non-hydrogen) atoms. The van der Waals surface area contributed by atoms with Crippen molar-refractivity contribution in [2.75, 3.05) is 0 Å². The molecule has 0 bridgehead atoms. The molecule has 10 aromatic rings. The minimum atomic E-state index is -0.240. The first-order valence-electron chi connectivity index (χ1n) is 24.4. The van der Waals surface area contributed by atoms with E-state index in [0.717, 1.165) is 50.5 Å². The quantitative estimate of drug-likeness (QED) is 0.117. The van der Waals surface area contributed by atoms with Crippen LogP contribution in [-0.2, 0) is 16.2 Å². The zero-order valence-corrected chi connectivity index (χ0v) is 40.5. The Kier molecular flexibility index (Phi) is 9.90. The van der Waals surface area contributed by atoms with Crippen LogP contribution in [0.25, 0.3) is 54.9 Å². The van der Waals surface area contributed by atoms with Crippen LogP contribution < -0.4 is 25.9 Å². The van der Waals surface area contributed by atoms with E-state index in [9.17, 15) is 0 Å². The van der Waals surface area contributed by atoms with Crippen LogP contribution in [0.1, 0.15) is 76.3 Å². The van der Waals surface area contributed by atoms with Gasteiger partial charge in [0.05, 0.1) is 0 Å². The van der Waals surface area contributed by atoms with E-state index in [1.807, 2.05) is 0 Å². The smallest absolute Gasteiger partial charge is 0.260 e. The molecular weight excluding hydrogens is 836 g/mol. The van der Waals surface area contributed by atoms with E-state index in [-0.39, 0.29) is 23.0 Å². The molecule has 0 saturated carbocycles. The van der Waals surface area contributed by atoms with Gasteiger partial charge in [-0.05, 0) is 129 Å². The van der Waals surface area contributed by atoms with Crippen molar-refractivity contribution < 1.29 is 9.47 Å². The van der Waals surface area contributed by atoms with Crippen LogP contribution in [0.3, 0.4) is 0 Å². The molecule has 0 N–H and O–H groups in total. The van der Waals surface area contributed by atoms with E-state index >= 15 is 0 Å². The maximum Gasteiger partial charge on any atom is 0.260 e. The van der Waals surface area contributed by atoms with Crippen molar-refractivity contribution in [2.24, 2.45) is 0 Å². The molecule has 12 rings (SSSR count). The molecule has 0 amide bonds. The second-order valence-electron chi connectivity index (χ2n) is 21.3. The topological polar surface area (TPSA) is 18.5 Å². The third kappa shape index (κ3) is 7.09. The van der Waals surface area contributed by atoms with Gasteiger partial charge in [-0.15, -0.1) is 0 Å². The minimum Gasteiger partial charge on any atom is -0.458 e. The van der Waals surface area contributed by atoms with Crippen molar-refractivity contribution in [3.63, 3.8) is 0 Å². The lowest BCUT2D eigenvalue weighted by atomic mass is 9.34. The number of rotatable bonds is 7. The molecule has 2 heterocycles. The Morgan fingerprint density at radius 3 is 1.14 bits per heavy atom. The summed E-state index contributed by atoms with van der Waals surface area (Å²) < 4.78 is 14.4. The Morgan fingerprint density at radius 1 is 0.304 bits per heavy atom. The average Bonchev–Trinajstić information content (AvgIpc) is 3.37. The molecule has 0 radical (unpaired) electrons. The zero-order valence-electron chi connectivity index (χ0n) is 40.5. The lowest BCUT2D eigenvalue weighted by Gasteiger charge is -2.36. The zero-order chi connectivity index (χ0) is 47.2. The molecule has 2 aliphatic heterocycles. The molecule has 334 valence electrons. The van der Waals surface area contributed by atoms with Gasteiger partial charge in [0.25, 0.3) is 6.71 Å². The maximum absolute atomic E-state index is 7.21. The van der Waals surface area contributed by atoms with Crippen LogP contribution in [-0.4, -0.2) is 6.71 Å². The van der Waals surface area contributed by atoms with Crippen LogP contribution >= 0.6 is 0 Å². The molecule has 0 atom stereocenters. The highest BCUT2D eigenvalue weighted by molar-refractivity contribution is 6.98. The molecule has 0 unspecified atom stereocenters. The third-order valence-corrected chi connectivity index (χ3v) is 15.3. The van der Waals surface area contributed by atoms with Gasteiger partial charge in [-0.2, -0.15) is 0 Å². The van der Waals surface area contributed by atoms with Gasteiger partial charge in [0.2, 0.25) is 0 Å². The fraction of sp³-hybridized carbons (Fsp3) is 0.152. The van der Waals surface area contributed by atoms with Crippen LogP contribution in [0.5, 0.6) is 23.0 Å². The van der Waals surface area contributed by atoms with Gasteiger partial charge in [0.15, 0.2) is 0 Å². The molecule has 2 nitrogen and oxygen atoms in total. The van der Waals surface area contributed by atoms with Gasteiger partial charge in [-0.3, -0.25) is 0 Å². The summed E-state index contributed by atoms with van der Waals surface area (Å²) in [6.45, 7) is 16.1. The first kappa shape index (κ1) is 42.7. The average molecular weight is 891 g/mol. The molecule has 0 aliphatic carbocycles. The molecule has 0 saturated heterocycles. The van der Waals surface area contributed by atoms with Gasteiger partial charge >= 0.3 is 0 Å². The number of hydrogen-bond donors (Lipinski definition) is 0. The summed E-state index contributed by atoms with van der Waals surface area (Å²) in [4.78, 5) is 0. The summed E-state index contributed by atoms with van der Waals surface area (Å²) in [5, 5.41) is 4.96. The molecule has 0 aromatic heterocycles. The second-order valence-corrected chi connectivity index (χ2v) is 21.3. The van der Waals surface area contributed by atoms with Crippen LogP contribution in [0.15, 0.2) is 206 Å². The Morgan fingerprint density at radius 2 is 0.696 bits per heavy atom. The highest BCUT2D eigenvalue weighted by Gasteiger charge is 2.42. The van der Waals surface area contributed by atoms with Crippen LogP contribution in [0.4, 0.5) is 0 Å². The van der Waals surface area contributed by atoms with Gasteiger partial charge in [-0.25, -0.2) is 0 Å². The molecule has 10 aromatic carbocycles. The Labute approximate surface area is 407 Å². The van der Waals surface area contributed by atoms with Crippen molar-refractivity contribution >= 4 is 44.6 Å². The van der Waals surface area contributed by atoms with E-state index in [1.54, 1.807) is 0 Å². The number of hydrogen-bond acceptors (Lipinski definition) is 2. The minimum absolute atomic E-state index is 0.0725. The Balaban J connectivity index is 1.07. The summed E-state index contributed by atoms with van der Waals surface area (Å²) in [5.41, 5.74) is 16.1. The Bertz CT molecular complexity index is 3450. The van der Waals surface area contributed by atoms with Crippen LogP contribution in [0, 0.1) is 0 Å². The van der Waals surface area contributed by atoms with E-state index < -0.39 is 0 Å². The lowest BCUT2D eigenvalue weighted by Crippen LogP contribution is -2.57. The van der Waals surface area contributed by atoms with Crippen molar-refractivity contribution in [2.45, 2.75) is 64.7 Å². The number of fused-ring (bicyclic) bond motifs is 6. The summed E-state index contributed by atoms with van der Waals surface area (Å²) in [6, 6.07) is 75.8. The molecular formula is C66H55BO2. The molecule has 0 spiro atoms. The van der Waals surface area contributed by atoms with Gasteiger partial charge < -0.3 is 9.47 Å². The predicted octanol–water partition coefficient (Wildman–Crippen LogP) is 15.7.